The maximum atomic E-state index is 12.5. The highest BCUT2D eigenvalue weighted by Gasteiger charge is 2.24. The van der Waals surface area contributed by atoms with Crippen LogP contribution >= 0.6 is 0 Å². The highest BCUT2D eigenvalue weighted by molar-refractivity contribution is 5.95. The van der Waals surface area contributed by atoms with Gasteiger partial charge in [0.15, 0.2) is 0 Å². The van der Waals surface area contributed by atoms with Crippen molar-refractivity contribution >= 4 is 5.91 Å². The summed E-state index contributed by atoms with van der Waals surface area (Å²) in [4.78, 5) is 14.4. The summed E-state index contributed by atoms with van der Waals surface area (Å²) < 4.78 is 1.68. The molecule has 1 heterocycles. The average molecular weight is 252 g/mol. The predicted molar refractivity (Wildman–Crippen MR) is 72.4 cm³/mol. The molecule has 18 heavy (non-hydrogen) atoms. The molecule has 5 heteroatoms. The normalized spacial score (nSPS) is 11.0. The number of rotatable bonds is 6. The molecule has 0 aliphatic carbocycles. The highest BCUT2D eigenvalue weighted by atomic mass is 16.2. The van der Waals surface area contributed by atoms with E-state index in [1.54, 1.807) is 10.9 Å². The van der Waals surface area contributed by atoms with Crippen LogP contribution in [0.4, 0.5) is 0 Å². The molecule has 0 saturated heterocycles. The van der Waals surface area contributed by atoms with E-state index in [0.717, 1.165) is 18.5 Å². The van der Waals surface area contributed by atoms with Crippen LogP contribution in [0, 0.1) is 6.92 Å². The molecule has 5 nitrogen and oxygen atoms in total. The maximum absolute atomic E-state index is 12.5. The number of amides is 1. The number of hydrogen-bond acceptors (Lipinski definition) is 3. The van der Waals surface area contributed by atoms with Crippen LogP contribution in [-0.4, -0.2) is 39.7 Å². The fourth-order valence-corrected chi connectivity index (χ4v) is 2.28. The molecular weight excluding hydrogens is 228 g/mol. The Morgan fingerprint density at radius 3 is 2.50 bits per heavy atom. The summed E-state index contributed by atoms with van der Waals surface area (Å²) in [6, 6.07) is 0.251. The smallest absolute Gasteiger partial charge is 0.257 e. The van der Waals surface area contributed by atoms with Gasteiger partial charge in [-0.3, -0.25) is 9.48 Å². The van der Waals surface area contributed by atoms with Gasteiger partial charge in [0, 0.05) is 32.4 Å². The van der Waals surface area contributed by atoms with Gasteiger partial charge in [-0.25, -0.2) is 0 Å². The van der Waals surface area contributed by atoms with Crippen LogP contribution in [-0.2, 0) is 7.05 Å². The number of aromatic nitrogens is 2. The fourth-order valence-electron chi connectivity index (χ4n) is 2.28. The summed E-state index contributed by atoms with van der Waals surface area (Å²) in [6.07, 6.45) is 3.67. The van der Waals surface area contributed by atoms with E-state index in [4.69, 9.17) is 5.73 Å². The first-order chi connectivity index (χ1) is 8.54. The molecule has 102 valence electrons. The first-order valence-corrected chi connectivity index (χ1v) is 6.56. The Morgan fingerprint density at radius 1 is 1.50 bits per heavy atom. The second-order valence-electron chi connectivity index (χ2n) is 4.56. The SMILES string of the molecule is CCC(CC)N(CCN)C(=O)c1cn(C)nc1C. The summed E-state index contributed by atoms with van der Waals surface area (Å²) in [6.45, 7) is 7.14. The van der Waals surface area contributed by atoms with Crippen LogP contribution in [0.15, 0.2) is 6.20 Å². The quantitative estimate of drug-likeness (QED) is 0.830. The number of carbonyl (C=O) groups excluding carboxylic acids is 1. The number of hydrogen-bond donors (Lipinski definition) is 1. The van der Waals surface area contributed by atoms with Gasteiger partial charge in [0.2, 0.25) is 0 Å². The summed E-state index contributed by atoms with van der Waals surface area (Å²) >= 11 is 0. The number of nitrogens with zero attached hydrogens (tertiary/aromatic N) is 3. The summed E-state index contributed by atoms with van der Waals surface area (Å²) in [5.74, 6) is 0.0414. The Kier molecular flexibility index (Phi) is 5.34. The van der Waals surface area contributed by atoms with Crippen LogP contribution in [0.1, 0.15) is 42.7 Å². The first kappa shape index (κ1) is 14.7. The van der Waals surface area contributed by atoms with E-state index < -0.39 is 0 Å². The molecule has 0 fully saturated rings. The third-order valence-electron chi connectivity index (χ3n) is 3.26. The lowest BCUT2D eigenvalue weighted by Gasteiger charge is -2.30. The Hall–Kier alpha value is -1.36. The van der Waals surface area contributed by atoms with Crippen LogP contribution in [0.2, 0.25) is 0 Å². The van der Waals surface area contributed by atoms with Crippen LogP contribution in [0.5, 0.6) is 0 Å². The standard InChI is InChI=1S/C13H24N4O/c1-5-11(6-2)17(8-7-14)13(18)12-9-16(4)15-10(12)3/h9,11H,5-8,14H2,1-4H3. The molecule has 0 radical (unpaired) electrons. The number of carbonyl (C=O) groups is 1. The second kappa shape index (κ2) is 6.54. The molecule has 1 aromatic heterocycles. The van der Waals surface area contributed by atoms with Gasteiger partial charge < -0.3 is 10.6 Å². The Bertz CT molecular complexity index is 396. The molecule has 0 aliphatic rings. The molecule has 0 atom stereocenters. The minimum atomic E-state index is 0.0414. The largest absolute Gasteiger partial charge is 0.334 e. The fraction of sp³-hybridized carbons (Fsp3) is 0.692. The van der Waals surface area contributed by atoms with E-state index >= 15 is 0 Å². The molecule has 1 amide bonds. The third kappa shape index (κ3) is 3.10. The summed E-state index contributed by atoms with van der Waals surface area (Å²) in [5.41, 5.74) is 7.07. The second-order valence-corrected chi connectivity index (χ2v) is 4.56. The van der Waals surface area contributed by atoms with Crippen molar-refractivity contribution in [1.82, 2.24) is 14.7 Å². The van der Waals surface area contributed by atoms with Gasteiger partial charge >= 0.3 is 0 Å². The lowest BCUT2D eigenvalue weighted by molar-refractivity contribution is 0.0673. The molecule has 2 N–H and O–H groups in total. The van der Waals surface area contributed by atoms with Crippen molar-refractivity contribution < 1.29 is 4.79 Å². The van der Waals surface area contributed by atoms with Gasteiger partial charge in [-0.15, -0.1) is 0 Å². The Morgan fingerprint density at radius 2 is 2.11 bits per heavy atom. The minimum absolute atomic E-state index is 0.0414. The maximum Gasteiger partial charge on any atom is 0.257 e. The van der Waals surface area contributed by atoms with Crippen molar-refractivity contribution in [3.63, 3.8) is 0 Å². The predicted octanol–water partition coefficient (Wildman–Crippen LogP) is 1.32. The topological polar surface area (TPSA) is 64.2 Å². The molecule has 1 aromatic rings. The average Bonchev–Trinajstić information content (AvgIpc) is 2.68. The van der Waals surface area contributed by atoms with E-state index in [2.05, 4.69) is 18.9 Å². The van der Waals surface area contributed by atoms with Crippen LogP contribution in [0.25, 0.3) is 0 Å². The van der Waals surface area contributed by atoms with Gasteiger partial charge in [0.25, 0.3) is 5.91 Å². The monoisotopic (exact) mass is 252 g/mol. The zero-order chi connectivity index (χ0) is 13.7. The van der Waals surface area contributed by atoms with Crippen molar-refractivity contribution in [2.45, 2.75) is 39.7 Å². The van der Waals surface area contributed by atoms with E-state index in [-0.39, 0.29) is 11.9 Å². The minimum Gasteiger partial charge on any atom is -0.334 e. The highest BCUT2D eigenvalue weighted by Crippen LogP contribution is 2.15. The molecule has 0 unspecified atom stereocenters. The summed E-state index contributed by atoms with van der Waals surface area (Å²) in [7, 11) is 1.83. The third-order valence-corrected chi connectivity index (χ3v) is 3.26. The number of nitrogens with two attached hydrogens (primary N) is 1. The van der Waals surface area contributed by atoms with Crippen molar-refractivity contribution in [2.24, 2.45) is 12.8 Å². The van der Waals surface area contributed by atoms with Crippen molar-refractivity contribution in [2.75, 3.05) is 13.1 Å². The van der Waals surface area contributed by atoms with Crippen molar-refractivity contribution in [1.29, 1.82) is 0 Å². The molecule has 0 spiro atoms. The van der Waals surface area contributed by atoms with Gasteiger partial charge in [0.05, 0.1) is 11.3 Å². The summed E-state index contributed by atoms with van der Waals surface area (Å²) in [5, 5.41) is 4.22. The van der Waals surface area contributed by atoms with Gasteiger partial charge in [-0.2, -0.15) is 5.10 Å². The van der Waals surface area contributed by atoms with Crippen molar-refractivity contribution in [3.8, 4) is 0 Å². The van der Waals surface area contributed by atoms with E-state index in [0.29, 0.717) is 18.7 Å². The zero-order valence-corrected chi connectivity index (χ0v) is 11.8. The lowest BCUT2D eigenvalue weighted by Crippen LogP contribution is -2.42. The van der Waals surface area contributed by atoms with E-state index in [1.807, 2.05) is 18.9 Å². The van der Waals surface area contributed by atoms with Gasteiger partial charge in [-0.1, -0.05) is 13.8 Å². The van der Waals surface area contributed by atoms with Crippen LogP contribution in [0.3, 0.4) is 0 Å². The van der Waals surface area contributed by atoms with Gasteiger partial charge in [0.1, 0.15) is 0 Å². The molecule has 0 aromatic carbocycles. The molecule has 1 rings (SSSR count). The molecular formula is C13H24N4O. The molecule has 0 aliphatic heterocycles. The molecule has 0 saturated carbocycles. The zero-order valence-electron chi connectivity index (χ0n) is 11.8. The van der Waals surface area contributed by atoms with Crippen molar-refractivity contribution in [3.05, 3.63) is 17.5 Å². The lowest BCUT2D eigenvalue weighted by atomic mass is 10.1. The van der Waals surface area contributed by atoms with Gasteiger partial charge in [-0.05, 0) is 19.8 Å². The molecule has 0 bridgehead atoms. The Balaban J connectivity index is 2.98. The first-order valence-electron chi connectivity index (χ1n) is 6.56. The van der Waals surface area contributed by atoms with E-state index in [1.165, 1.54) is 0 Å². The number of aryl methyl sites for hydroxylation is 2. The van der Waals surface area contributed by atoms with Crippen LogP contribution < -0.4 is 5.73 Å². The van der Waals surface area contributed by atoms with E-state index in [9.17, 15) is 4.79 Å². The Labute approximate surface area is 109 Å².